The molecule has 158 valence electrons. The van der Waals surface area contributed by atoms with E-state index in [4.69, 9.17) is 9.15 Å². The summed E-state index contributed by atoms with van der Waals surface area (Å²) in [5, 5.41) is 8.43. The number of para-hydroxylation sites is 1. The smallest absolute Gasteiger partial charge is 0.247 e. The first-order valence-electron chi connectivity index (χ1n) is 10.7. The fourth-order valence-electron chi connectivity index (χ4n) is 3.77. The highest BCUT2D eigenvalue weighted by Gasteiger charge is 2.24. The minimum absolute atomic E-state index is 0.588. The van der Waals surface area contributed by atoms with Crippen molar-refractivity contribution in [3.63, 3.8) is 0 Å². The lowest BCUT2D eigenvalue weighted by Gasteiger charge is -2.21. The molecule has 0 bridgehead atoms. The molecular weight excluding hydrogens is 376 g/mol. The lowest BCUT2D eigenvalue weighted by atomic mass is 10.2. The lowest BCUT2D eigenvalue weighted by Crippen LogP contribution is -2.31. The van der Waals surface area contributed by atoms with Gasteiger partial charge in [-0.2, -0.15) is 0 Å². The number of aromatic nitrogens is 2. The van der Waals surface area contributed by atoms with E-state index in [1.807, 2.05) is 30.3 Å². The van der Waals surface area contributed by atoms with Crippen molar-refractivity contribution in [2.45, 2.75) is 31.7 Å². The Balaban J connectivity index is 1.24. The average Bonchev–Trinajstić information content (AvgIpc) is 3.45. The van der Waals surface area contributed by atoms with Gasteiger partial charge in [0.1, 0.15) is 5.75 Å². The maximum Gasteiger partial charge on any atom is 0.247 e. The van der Waals surface area contributed by atoms with E-state index in [0.29, 0.717) is 24.4 Å². The summed E-state index contributed by atoms with van der Waals surface area (Å²) in [5.74, 6) is 2.18. The van der Waals surface area contributed by atoms with Gasteiger partial charge in [-0.25, -0.2) is 0 Å². The standard InChI is InChI=1S/C24H30N4O2/c1-27(2)21-15-16-28(18-21)20-13-11-19(12-14-20)24-26-25-23(30-24)10-6-7-17-29-22-8-4-3-5-9-22/h3-5,8-9,11-14,21H,6-7,10,15-18H2,1-2H3. The molecule has 1 atom stereocenters. The molecule has 0 aliphatic carbocycles. The molecule has 2 heterocycles. The zero-order valence-electron chi connectivity index (χ0n) is 17.8. The first-order chi connectivity index (χ1) is 14.7. The first-order valence-corrected chi connectivity index (χ1v) is 10.7. The van der Waals surface area contributed by atoms with E-state index in [0.717, 1.165) is 43.7 Å². The summed E-state index contributed by atoms with van der Waals surface area (Å²) >= 11 is 0. The third-order valence-electron chi connectivity index (χ3n) is 5.64. The summed E-state index contributed by atoms with van der Waals surface area (Å²) in [6, 6.07) is 19.0. The van der Waals surface area contributed by atoms with Gasteiger partial charge in [0, 0.05) is 36.8 Å². The zero-order valence-corrected chi connectivity index (χ0v) is 17.8. The Morgan fingerprint density at radius 2 is 1.83 bits per heavy atom. The number of rotatable bonds is 9. The molecule has 6 nitrogen and oxygen atoms in total. The Hall–Kier alpha value is -2.86. The second kappa shape index (κ2) is 9.76. The predicted octanol–water partition coefficient (Wildman–Crippen LogP) is 4.28. The summed E-state index contributed by atoms with van der Waals surface area (Å²) in [5.41, 5.74) is 2.22. The van der Waals surface area contributed by atoms with Crippen LogP contribution in [0.5, 0.6) is 5.75 Å². The zero-order chi connectivity index (χ0) is 20.8. The van der Waals surface area contributed by atoms with Crippen LogP contribution in [-0.4, -0.2) is 54.9 Å². The molecule has 1 saturated heterocycles. The van der Waals surface area contributed by atoms with Crippen molar-refractivity contribution < 1.29 is 9.15 Å². The average molecular weight is 407 g/mol. The van der Waals surface area contributed by atoms with E-state index in [2.05, 4.69) is 58.4 Å². The van der Waals surface area contributed by atoms with E-state index in [1.165, 1.54) is 12.1 Å². The first kappa shape index (κ1) is 20.4. The number of nitrogens with zero attached hydrogens (tertiary/aromatic N) is 4. The second-order valence-electron chi connectivity index (χ2n) is 8.02. The molecule has 4 rings (SSSR count). The Labute approximate surface area is 178 Å². The van der Waals surface area contributed by atoms with Gasteiger partial charge >= 0.3 is 0 Å². The molecule has 1 aromatic heterocycles. The van der Waals surface area contributed by atoms with Crippen LogP contribution in [0.2, 0.25) is 0 Å². The summed E-state index contributed by atoms with van der Waals surface area (Å²) in [6.07, 6.45) is 3.88. The summed E-state index contributed by atoms with van der Waals surface area (Å²) in [4.78, 5) is 4.74. The van der Waals surface area contributed by atoms with E-state index in [1.54, 1.807) is 0 Å². The normalized spacial score (nSPS) is 16.4. The van der Waals surface area contributed by atoms with Crippen molar-refractivity contribution in [3.8, 4) is 17.2 Å². The van der Waals surface area contributed by atoms with Crippen LogP contribution in [-0.2, 0) is 6.42 Å². The highest BCUT2D eigenvalue weighted by molar-refractivity contribution is 5.59. The van der Waals surface area contributed by atoms with E-state index in [-0.39, 0.29) is 0 Å². The quantitative estimate of drug-likeness (QED) is 0.495. The van der Waals surface area contributed by atoms with E-state index < -0.39 is 0 Å². The van der Waals surface area contributed by atoms with Crippen molar-refractivity contribution in [1.82, 2.24) is 15.1 Å². The summed E-state index contributed by atoms with van der Waals surface area (Å²) in [7, 11) is 4.31. The van der Waals surface area contributed by atoms with Crippen LogP contribution in [0.3, 0.4) is 0 Å². The van der Waals surface area contributed by atoms with Crippen molar-refractivity contribution in [2.75, 3.05) is 38.7 Å². The molecule has 0 amide bonds. The minimum atomic E-state index is 0.588. The minimum Gasteiger partial charge on any atom is -0.494 e. The Bertz CT molecular complexity index is 908. The second-order valence-corrected chi connectivity index (χ2v) is 8.02. The molecule has 6 heteroatoms. The fraction of sp³-hybridized carbons (Fsp3) is 0.417. The van der Waals surface area contributed by atoms with Gasteiger partial charge in [0.2, 0.25) is 11.8 Å². The van der Waals surface area contributed by atoms with Gasteiger partial charge in [0.25, 0.3) is 0 Å². The number of anilines is 1. The van der Waals surface area contributed by atoms with Crippen molar-refractivity contribution >= 4 is 5.69 Å². The van der Waals surface area contributed by atoms with Gasteiger partial charge in [0.05, 0.1) is 6.61 Å². The molecule has 0 spiro atoms. The van der Waals surface area contributed by atoms with Gasteiger partial charge in [0.15, 0.2) is 0 Å². The van der Waals surface area contributed by atoms with Gasteiger partial charge < -0.3 is 19.0 Å². The van der Waals surface area contributed by atoms with Crippen LogP contribution < -0.4 is 9.64 Å². The number of hydrogen-bond acceptors (Lipinski definition) is 6. The number of unbranched alkanes of at least 4 members (excludes halogenated alkanes) is 1. The van der Waals surface area contributed by atoms with Crippen LogP contribution in [0.4, 0.5) is 5.69 Å². The topological polar surface area (TPSA) is 54.6 Å². The molecule has 1 fully saturated rings. The van der Waals surface area contributed by atoms with Crippen LogP contribution in [0.25, 0.3) is 11.5 Å². The molecule has 2 aromatic carbocycles. The number of ether oxygens (including phenoxy) is 1. The Morgan fingerprint density at radius 3 is 2.57 bits per heavy atom. The summed E-state index contributed by atoms with van der Waals surface area (Å²) in [6.45, 7) is 2.86. The largest absolute Gasteiger partial charge is 0.494 e. The van der Waals surface area contributed by atoms with Crippen molar-refractivity contribution in [2.24, 2.45) is 0 Å². The van der Waals surface area contributed by atoms with Gasteiger partial charge in [-0.3, -0.25) is 0 Å². The predicted molar refractivity (Wildman–Crippen MR) is 119 cm³/mol. The number of aryl methyl sites for hydroxylation is 1. The SMILES string of the molecule is CN(C)C1CCN(c2ccc(-c3nnc(CCCCOc4ccccc4)o3)cc2)C1. The maximum atomic E-state index is 5.87. The van der Waals surface area contributed by atoms with Gasteiger partial charge in [-0.1, -0.05) is 18.2 Å². The fourth-order valence-corrected chi connectivity index (χ4v) is 3.77. The Morgan fingerprint density at radius 1 is 1.03 bits per heavy atom. The molecule has 1 aliphatic heterocycles. The number of likely N-dealkylation sites (N-methyl/N-ethyl adjacent to an activating group) is 1. The molecule has 1 unspecified atom stereocenters. The molecule has 30 heavy (non-hydrogen) atoms. The molecular formula is C24H30N4O2. The highest BCUT2D eigenvalue weighted by atomic mass is 16.5. The van der Waals surface area contributed by atoms with Gasteiger partial charge in [-0.05, 0) is 69.8 Å². The maximum absolute atomic E-state index is 5.87. The van der Waals surface area contributed by atoms with Gasteiger partial charge in [-0.15, -0.1) is 10.2 Å². The molecule has 3 aromatic rings. The molecule has 0 radical (unpaired) electrons. The third kappa shape index (κ3) is 5.19. The number of benzene rings is 2. The van der Waals surface area contributed by atoms with E-state index in [9.17, 15) is 0 Å². The van der Waals surface area contributed by atoms with Crippen molar-refractivity contribution in [1.29, 1.82) is 0 Å². The van der Waals surface area contributed by atoms with Crippen LogP contribution >= 0.6 is 0 Å². The lowest BCUT2D eigenvalue weighted by molar-refractivity contribution is 0.304. The third-order valence-corrected chi connectivity index (χ3v) is 5.64. The summed E-state index contributed by atoms with van der Waals surface area (Å²) < 4.78 is 11.6. The molecule has 0 N–H and O–H groups in total. The van der Waals surface area contributed by atoms with Crippen LogP contribution in [0.1, 0.15) is 25.2 Å². The van der Waals surface area contributed by atoms with E-state index >= 15 is 0 Å². The molecule has 1 aliphatic rings. The molecule has 0 saturated carbocycles. The van der Waals surface area contributed by atoms with Crippen molar-refractivity contribution in [3.05, 3.63) is 60.5 Å². The van der Waals surface area contributed by atoms with Crippen LogP contribution in [0, 0.1) is 0 Å². The van der Waals surface area contributed by atoms with Crippen LogP contribution in [0.15, 0.2) is 59.0 Å². The monoisotopic (exact) mass is 406 g/mol. The number of hydrogen-bond donors (Lipinski definition) is 0. The Kier molecular flexibility index (Phi) is 6.64. The highest BCUT2D eigenvalue weighted by Crippen LogP contribution is 2.26.